The summed E-state index contributed by atoms with van der Waals surface area (Å²) >= 11 is 0. The van der Waals surface area contributed by atoms with Crippen LogP contribution in [0.15, 0.2) is 0 Å². The second kappa shape index (κ2) is 4.36. The van der Waals surface area contributed by atoms with Crippen molar-refractivity contribution < 1.29 is 9.53 Å². The highest BCUT2D eigenvalue weighted by atomic mass is 16.5. The van der Waals surface area contributed by atoms with Crippen LogP contribution in [0, 0.1) is 10.8 Å². The third kappa shape index (κ3) is 2.14. The topological polar surface area (TPSA) is 50.2 Å². The number of hydrogen-bond donors (Lipinski definition) is 1. The van der Waals surface area contributed by atoms with Gasteiger partial charge in [-0.2, -0.15) is 0 Å². The van der Waals surface area contributed by atoms with Crippen LogP contribution in [0.25, 0.3) is 0 Å². The third-order valence-electron chi connectivity index (χ3n) is 2.53. The zero-order valence-corrected chi connectivity index (χ0v) is 7.21. The molecule has 3 heteroatoms. The molecule has 0 aromatic rings. The van der Waals surface area contributed by atoms with Crippen LogP contribution in [0.5, 0.6) is 0 Å². The SMILES string of the molecule is N=CCCC1(C=O)CCOCC1. The molecule has 12 heavy (non-hydrogen) atoms. The molecule has 1 heterocycles. The molecule has 1 N–H and O–H groups in total. The maximum absolute atomic E-state index is 10.9. The largest absolute Gasteiger partial charge is 0.381 e. The molecule has 68 valence electrons. The maximum Gasteiger partial charge on any atom is 0.126 e. The molecule has 0 aliphatic carbocycles. The highest BCUT2D eigenvalue weighted by molar-refractivity contribution is 5.61. The Hall–Kier alpha value is -0.700. The Kier molecular flexibility index (Phi) is 3.41. The average molecular weight is 169 g/mol. The maximum atomic E-state index is 10.9. The summed E-state index contributed by atoms with van der Waals surface area (Å²) in [7, 11) is 0. The molecule has 1 fully saturated rings. The first-order chi connectivity index (χ1) is 5.83. The van der Waals surface area contributed by atoms with Crippen molar-refractivity contribution in [2.24, 2.45) is 5.41 Å². The quantitative estimate of drug-likeness (QED) is 0.511. The molecule has 1 rings (SSSR count). The Morgan fingerprint density at radius 3 is 2.58 bits per heavy atom. The van der Waals surface area contributed by atoms with Crippen LogP contribution in [-0.4, -0.2) is 25.7 Å². The number of carbonyl (C=O) groups is 1. The first-order valence-electron chi connectivity index (χ1n) is 4.36. The monoisotopic (exact) mass is 169 g/mol. The summed E-state index contributed by atoms with van der Waals surface area (Å²) < 4.78 is 5.19. The van der Waals surface area contributed by atoms with Crippen molar-refractivity contribution in [1.82, 2.24) is 0 Å². The number of hydrogen-bond acceptors (Lipinski definition) is 3. The molecule has 1 aliphatic heterocycles. The fourth-order valence-electron chi connectivity index (χ4n) is 1.56. The van der Waals surface area contributed by atoms with Gasteiger partial charge >= 0.3 is 0 Å². The lowest BCUT2D eigenvalue weighted by Crippen LogP contribution is -2.31. The van der Waals surface area contributed by atoms with Crippen molar-refractivity contribution in [3.63, 3.8) is 0 Å². The van der Waals surface area contributed by atoms with Gasteiger partial charge in [0.05, 0.1) is 0 Å². The van der Waals surface area contributed by atoms with Crippen molar-refractivity contribution in [1.29, 1.82) is 5.41 Å². The van der Waals surface area contributed by atoms with Gasteiger partial charge in [0.2, 0.25) is 0 Å². The van der Waals surface area contributed by atoms with Gasteiger partial charge in [-0.05, 0) is 31.9 Å². The van der Waals surface area contributed by atoms with Gasteiger partial charge in [-0.1, -0.05) is 0 Å². The van der Waals surface area contributed by atoms with Gasteiger partial charge in [0.15, 0.2) is 0 Å². The van der Waals surface area contributed by atoms with Crippen LogP contribution in [0.3, 0.4) is 0 Å². The van der Waals surface area contributed by atoms with E-state index in [0.29, 0.717) is 19.6 Å². The Morgan fingerprint density at radius 1 is 1.42 bits per heavy atom. The summed E-state index contributed by atoms with van der Waals surface area (Å²) in [6.45, 7) is 1.38. The van der Waals surface area contributed by atoms with Crippen LogP contribution in [0.1, 0.15) is 25.7 Å². The van der Waals surface area contributed by atoms with Gasteiger partial charge < -0.3 is 14.9 Å². The summed E-state index contributed by atoms with van der Waals surface area (Å²) in [5, 5.41) is 6.91. The molecular formula is C9H15NO2. The Labute approximate surface area is 72.6 Å². The van der Waals surface area contributed by atoms with E-state index in [0.717, 1.165) is 25.5 Å². The van der Waals surface area contributed by atoms with Gasteiger partial charge in [-0.15, -0.1) is 0 Å². The van der Waals surface area contributed by atoms with E-state index in [2.05, 4.69) is 0 Å². The van der Waals surface area contributed by atoms with Crippen molar-refractivity contribution in [3.8, 4) is 0 Å². The number of aldehydes is 1. The van der Waals surface area contributed by atoms with Crippen LogP contribution >= 0.6 is 0 Å². The molecule has 0 unspecified atom stereocenters. The fraction of sp³-hybridized carbons (Fsp3) is 0.778. The Balaban J connectivity index is 2.47. The Bertz CT molecular complexity index is 162. The lowest BCUT2D eigenvalue weighted by atomic mass is 9.78. The van der Waals surface area contributed by atoms with Crippen LogP contribution in [0.4, 0.5) is 0 Å². The van der Waals surface area contributed by atoms with Crippen molar-refractivity contribution >= 4 is 12.5 Å². The minimum absolute atomic E-state index is 0.185. The first kappa shape index (κ1) is 9.39. The Morgan fingerprint density at radius 2 is 2.08 bits per heavy atom. The highest BCUT2D eigenvalue weighted by Gasteiger charge is 2.31. The van der Waals surface area contributed by atoms with Crippen LogP contribution in [0.2, 0.25) is 0 Å². The standard InChI is InChI=1S/C9H15NO2/c10-5-1-2-9(8-11)3-6-12-7-4-9/h5,8,10H,1-4,6-7H2. The second-order valence-electron chi connectivity index (χ2n) is 3.34. The number of carbonyl (C=O) groups excluding carboxylic acids is 1. The van der Waals surface area contributed by atoms with E-state index in [-0.39, 0.29) is 5.41 Å². The zero-order valence-electron chi connectivity index (χ0n) is 7.21. The minimum Gasteiger partial charge on any atom is -0.381 e. The van der Waals surface area contributed by atoms with Crippen LogP contribution in [-0.2, 0) is 9.53 Å². The fourth-order valence-corrected chi connectivity index (χ4v) is 1.56. The van der Waals surface area contributed by atoms with Gasteiger partial charge in [-0.25, -0.2) is 0 Å². The predicted molar refractivity (Wildman–Crippen MR) is 46.6 cm³/mol. The zero-order chi connectivity index (χ0) is 8.86. The molecule has 0 aromatic heterocycles. The molecule has 0 spiro atoms. The summed E-state index contributed by atoms with van der Waals surface area (Å²) in [5.74, 6) is 0. The predicted octanol–water partition coefficient (Wildman–Crippen LogP) is 1.41. The van der Waals surface area contributed by atoms with Gasteiger partial charge in [0.25, 0.3) is 0 Å². The highest BCUT2D eigenvalue weighted by Crippen LogP contribution is 2.32. The average Bonchev–Trinajstić information content (AvgIpc) is 2.16. The van der Waals surface area contributed by atoms with E-state index in [1.807, 2.05) is 0 Å². The minimum atomic E-state index is -0.185. The number of ether oxygens (including phenoxy) is 1. The summed E-state index contributed by atoms with van der Waals surface area (Å²) in [5.41, 5.74) is -0.185. The molecule has 0 amide bonds. The van der Waals surface area contributed by atoms with E-state index in [1.54, 1.807) is 0 Å². The molecule has 1 saturated heterocycles. The van der Waals surface area contributed by atoms with E-state index in [4.69, 9.17) is 10.1 Å². The summed E-state index contributed by atoms with van der Waals surface area (Å²) in [4.78, 5) is 10.9. The third-order valence-corrected chi connectivity index (χ3v) is 2.53. The normalized spacial score (nSPS) is 21.7. The lowest BCUT2D eigenvalue weighted by molar-refractivity contribution is -0.121. The number of rotatable bonds is 4. The van der Waals surface area contributed by atoms with Gasteiger partial charge in [-0.3, -0.25) is 0 Å². The van der Waals surface area contributed by atoms with Crippen LogP contribution < -0.4 is 0 Å². The summed E-state index contributed by atoms with van der Waals surface area (Å²) in [6.07, 6.45) is 5.59. The van der Waals surface area contributed by atoms with E-state index >= 15 is 0 Å². The second-order valence-corrected chi connectivity index (χ2v) is 3.34. The lowest BCUT2D eigenvalue weighted by Gasteiger charge is -2.31. The molecule has 1 aliphatic rings. The first-order valence-corrected chi connectivity index (χ1v) is 4.36. The van der Waals surface area contributed by atoms with Gasteiger partial charge in [0, 0.05) is 18.6 Å². The van der Waals surface area contributed by atoms with Crippen molar-refractivity contribution in [2.45, 2.75) is 25.7 Å². The molecule has 0 saturated carbocycles. The van der Waals surface area contributed by atoms with Gasteiger partial charge in [0.1, 0.15) is 6.29 Å². The molecule has 0 bridgehead atoms. The smallest absolute Gasteiger partial charge is 0.126 e. The van der Waals surface area contributed by atoms with E-state index in [1.165, 1.54) is 6.21 Å². The number of nitrogens with one attached hydrogen (secondary N) is 1. The molecule has 3 nitrogen and oxygen atoms in total. The molecular weight excluding hydrogens is 154 g/mol. The van der Waals surface area contributed by atoms with Crippen molar-refractivity contribution in [3.05, 3.63) is 0 Å². The van der Waals surface area contributed by atoms with Crippen molar-refractivity contribution in [2.75, 3.05) is 13.2 Å². The van der Waals surface area contributed by atoms with E-state index in [9.17, 15) is 4.79 Å². The molecule has 0 radical (unpaired) electrons. The molecule has 0 atom stereocenters. The summed E-state index contributed by atoms with van der Waals surface area (Å²) in [6, 6.07) is 0. The van der Waals surface area contributed by atoms with E-state index < -0.39 is 0 Å². The molecule has 0 aromatic carbocycles.